The van der Waals surface area contributed by atoms with Crippen LogP contribution in [0.3, 0.4) is 0 Å². The van der Waals surface area contributed by atoms with Crippen molar-refractivity contribution in [2.75, 3.05) is 14.2 Å². The van der Waals surface area contributed by atoms with Crippen molar-refractivity contribution < 1.29 is 23.9 Å². The maximum atomic E-state index is 13.9. The summed E-state index contributed by atoms with van der Waals surface area (Å²) >= 11 is 12.3. The molecule has 3 aromatic rings. The summed E-state index contributed by atoms with van der Waals surface area (Å²) in [5, 5.41) is 3.96. The lowest BCUT2D eigenvalue weighted by Gasteiger charge is -2.30. The molecule has 0 spiro atoms. The van der Waals surface area contributed by atoms with Gasteiger partial charge in [0.15, 0.2) is 0 Å². The summed E-state index contributed by atoms with van der Waals surface area (Å²) in [6.45, 7) is -0.106. The monoisotopic (exact) mass is 541 g/mol. The number of aromatic nitrogens is 1. The number of nitrogens with zero attached hydrogens (tertiary/aromatic N) is 5. The molecule has 0 aliphatic carbocycles. The smallest absolute Gasteiger partial charge is 0.339 e. The van der Waals surface area contributed by atoms with E-state index < -0.39 is 23.9 Å². The quantitative estimate of drug-likeness (QED) is 0.151. The van der Waals surface area contributed by atoms with Crippen LogP contribution in [-0.4, -0.2) is 48.0 Å². The second-order valence-corrected chi connectivity index (χ2v) is 8.50. The minimum Gasteiger partial charge on any atom is -0.467 e. The number of pyridine rings is 1. The first-order valence-electron chi connectivity index (χ1n) is 10.8. The van der Waals surface area contributed by atoms with E-state index in [-0.39, 0.29) is 39.8 Å². The number of amides is 1. The van der Waals surface area contributed by atoms with Gasteiger partial charge in [0.1, 0.15) is 6.04 Å². The highest BCUT2D eigenvalue weighted by atomic mass is 35.5. The zero-order valence-corrected chi connectivity index (χ0v) is 21.3. The third kappa shape index (κ3) is 6.77. The predicted octanol–water partition coefficient (Wildman–Crippen LogP) is 5.54. The molecule has 0 aliphatic rings. The second kappa shape index (κ2) is 12.7. The number of esters is 2. The summed E-state index contributed by atoms with van der Waals surface area (Å²) in [6, 6.07) is 12.9. The minimum absolute atomic E-state index is 0.00877. The van der Waals surface area contributed by atoms with E-state index in [1.807, 2.05) is 0 Å². The lowest BCUT2D eigenvalue weighted by molar-refractivity contribution is -0.146. The Morgan fingerprint density at radius 3 is 2.43 bits per heavy atom. The molecule has 0 bridgehead atoms. The molecule has 1 heterocycles. The molecule has 0 fully saturated rings. The summed E-state index contributed by atoms with van der Waals surface area (Å²) in [5.74, 6) is -1.93. The average molecular weight is 542 g/mol. The summed E-state index contributed by atoms with van der Waals surface area (Å²) in [6.07, 6.45) is 1.61. The van der Waals surface area contributed by atoms with E-state index in [0.717, 1.165) is 0 Å². The van der Waals surface area contributed by atoms with E-state index in [1.54, 1.807) is 30.5 Å². The number of methoxy groups -OCH3 is 2. The van der Waals surface area contributed by atoms with Crippen LogP contribution in [0.25, 0.3) is 10.4 Å². The third-order valence-electron chi connectivity index (χ3n) is 5.37. The van der Waals surface area contributed by atoms with Crippen molar-refractivity contribution in [2.45, 2.75) is 19.0 Å². The molecule has 0 saturated carbocycles. The number of rotatable bonds is 9. The van der Waals surface area contributed by atoms with E-state index in [2.05, 4.69) is 15.0 Å². The van der Waals surface area contributed by atoms with Crippen LogP contribution in [0.1, 0.15) is 32.0 Å². The van der Waals surface area contributed by atoms with Crippen LogP contribution in [0.4, 0.5) is 5.69 Å². The first-order valence-corrected chi connectivity index (χ1v) is 11.5. The molecule has 0 radical (unpaired) electrons. The fraction of sp³-hybridized carbons (Fsp3) is 0.200. The molecule has 190 valence electrons. The third-order valence-corrected chi connectivity index (χ3v) is 5.92. The molecule has 1 amide bonds. The topological polar surface area (TPSA) is 135 Å². The Balaban J connectivity index is 2.11. The van der Waals surface area contributed by atoms with Crippen molar-refractivity contribution >= 4 is 46.7 Å². The lowest BCUT2D eigenvalue weighted by atomic mass is 10.0. The van der Waals surface area contributed by atoms with Crippen molar-refractivity contribution in [1.29, 1.82) is 0 Å². The van der Waals surface area contributed by atoms with Gasteiger partial charge in [-0.25, -0.2) is 9.59 Å². The normalized spacial score (nSPS) is 11.1. The van der Waals surface area contributed by atoms with E-state index >= 15 is 0 Å². The molecule has 2 aromatic carbocycles. The maximum Gasteiger partial charge on any atom is 0.339 e. The minimum atomic E-state index is -1.11. The molecule has 1 aromatic heterocycles. The molecule has 3 rings (SSSR count). The highest BCUT2D eigenvalue weighted by Gasteiger charge is 2.33. The molecule has 0 saturated heterocycles. The van der Waals surface area contributed by atoms with Gasteiger partial charge in [-0.1, -0.05) is 40.4 Å². The Kier molecular flexibility index (Phi) is 9.45. The van der Waals surface area contributed by atoms with Crippen LogP contribution in [0, 0.1) is 0 Å². The van der Waals surface area contributed by atoms with Gasteiger partial charge >= 0.3 is 11.9 Å². The van der Waals surface area contributed by atoms with Gasteiger partial charge in [-0.2, -0.15) is 0 Å². The van der Waals surface area contributed by atoms with Gasteiger partial charge in [0.2, 0.25) is 0 Å². The first-order chi connectivity index (χ1) is 17.8. The molecule has 1 atom stereocenters. The van der Waals surface area contributed by atoms with Crippen LogP contribution >= 0.6 is 23.2 Å². The van der Waals surface area contributed by atoms with Crippen LogP contribution in [-0.2, 0) is 27.2 Å². The Bertz CT molecular complexity index is 1360. The Morgan fingerprint density at radius 1 is 1.05 bits per heavy atom. The lowest BCUT2D eigenvalue weighted by Crippen LogP contribution is -2.46. The zero-order chi connectivity index (χ0) is 26.9. The molecule has 0 unspecified atom stereocenters. The Morgan fingerprint density at radius 2 is 1.81 bits per heavy atom. The summed E-state index contributed by atoms with van der Waals surface area (Å²) < 4.78 is 9.75. The highest BCUT2D eigenvalue weighted by molar-refractivity contribution is 6.33. The van der Waals surface area contributed by atoms with E-state index in [9.17, 15) is 14.4 Å². The fourth-order valence-electron chi connectivity index (χ4n) is 3.60. The predicted molar refractivity (Wildman–Crippen MR) is 137 cm³/mol. The SMILES string of the molecule is COC(=O)c1ccc(CN(C(=O)c2ccc(Cl)cc2N=[N+]=[N-])[C@H](Cc2ccccn2)C(=O)OC)cc1Cl. The summed E-state index contributed by atoms with van der Waals surface area (Å²) in [4.78, 5) is 47.1. The number of ether oxygens (including phenoxy) is 2. The van der Waals surface area contributed by atoms with Crippen molar-refractivity contribution in [3.05, 3.63) is 104 Å². The maximum absolute atomic E-state index is 13.9. The van der Waals surface area contributed by atoms with Crippen LogP contribution in [0.15, 0.2) is 65.9 Å². The van der Waals surface area contributed by atoms with Crippen molar-refractivity contribution in [1.82, 2.24) is 9.88 Å². The number of halogens is 2. The van der Waals surface area contributed by atoms with Gasteiger partial charge in [0, 0.05) is 40.4 Å². The number of azide groups is 1. The van der Waals surface area contributed by atoms with Gasteiger partial charge in [-0.3, -0.25) is 9.78 Å². The summed E-state index contributed by atoms with van der Waals surface area (Å²) in [7, 11) is 2.45. The van der Waals surface area contributed by atoms with Gasteiger partial charge in [0.05, 0.1) is 30.5 Å². The van der Waals surface area contributed by atoms with Crippen LogP contribution < -0.4 is 0 Å². The number of benzene rings is 2. The van der Waals surface area contributed by atoms with Gasteiger partial charge in [-0.05, 0) is 53.6 Å². The van der Waals surface area contributed by atoms with Crippen molar-refractivity contribution in [3.63, 3.8) is 0 Å². The molecule has 10 nitrogen and oxygen atoms in total. The number of hydrogen-bond donors (Lipinski definition) is 0. The molecule has 0 aliphatic heterocycles. The molecule has 12 heteroatoms. The Labute approximate surface area is 222 Å². The van der Waals surface area contributed by atoms with Gasteiger partial charge in [0.25, 0.3) is 5.91 Å². The highest BCUT2D eigenvalue weighted by Crippen LogP contribution is 2.28. The second-order valence-electron chi connectivity index (χ2n) is 7.65. The summed E-state index contributed by atoms with van der Waals surface area (Å²) in [5.41, 5.74) is 10.2. The van der Waals surface area contributed by atoms with E-state index in [4.69, 9.17) is 38.2 Å². The van der Waals surface area contributed by atoms with Crippen molar-refractivity contribution in [2.24, 2.45) is 5.11 Å². The van der Waals surface area contributed by atoms with E-state index in [0.29, 0.717) is 11.3 Å². The van der Waals surface area contributed by atoms with Crippen LogP contribution in [0.5, 0.6) is 0 Å². The van der Waals surface area contributed by atoms with Crippen molar-refractivity contribution in [3.8, 4) is 0 Å². The van der Waals surface area contributed by atoms with Gasteiger partial charge < -0.3 is 14.4 Å². The zero-order valence-electron chi connectivity index (χ0n) is 19.8. The number of hydrogen-bond acceptors (Lipinski definition) is 7. The molecule has 37 heavy (non-hydrogen) atoms. The first kappa shape index (κ1) is 27.5. The molecular weight excluding hydrogens is 521 g/mol. The Hall–Kier alpha value is -4.11. The van der Waals surface area contributed by atoms with E-state index in [1.165, 1.54) is 49.5 Å². The average Bonchev–Trinajstić information content (AvgIpc) is 2.90. The molecule has 0 N–H and O–H groups in total. The van der Waals surface area contributed by atoms with Crippen LogP contribution in [0.2, 0.25) is 10.0 Å². The largest absolute Gasteiger partial charge is 0.467 e. The van der Waals surface area contributed by atoms with Gasteiger partial charge in [-0.15, -0.1) is 0 Å². The standard InChI is InChI=1S/C25H21Cl2N5O5/c1-36-24(34)18-8-6-15(11-20(18)27)14-32(22(25(35)37-2)13-17-5-3-4-10-29-17)23(33)19-9-7-16(26)12-21(19)30-31-28/h3-12,22H,13-14H2,1-2H3/t22-/m1/s1. The number of carbonyl (C=O) groups excluding carboxylic acids is 3. The molecular formula is C25H21Cl2N5O5. The number of carbonyl (C=O) groups is 3. The fourth-order valence-corrected chi connectivity index (χ4v) is 4.04.